The number of urea groups is 1. The largest absolute Gasteiger partial charge is 0.396 e. The van der Waals surface area contributed by atoms with Gasteiger partial charge in [-0.3, -0.25) is 0 Å². The highest BCUT2D eigenvalue weighted by atomic mass is 19.1. The number of rotatable bonds is 8. The molecule has 0 aliphatic carbocycles. The van der Waals surface area contributed by atoms with Crippen molar-refractivity contribution in [2.45, 2.75) is 33.2 Å². The lowest BCUT2D eigenvalue weighted by atomic mass is 10.1. The molecule has 0 heterocycles. The normalized spacial score (nSPS) is 12.0. The fraction of sp³-hybridized carbons (Fsp3) is 0.562. The lowest BCUT2D eigenvalue weighted by Gasteiger charge is -2.23. The van der Waals surface area contributed by atoms with E-state index >= 15 is 0 Å². The number of aliphatic hydroxyl groups excluding tert-OH is 1. The topological polar surface area (TPSA) is 52.6 Å². The second-order valence-electron chi connectivity index (χ2n) is 5.32. The highest BCUT2D eigenvalue weighted by Crippen LogP contribution is 2.10. The van der Waals surface area contributed by atoms with Crippen LogP contribution < -0.4 is 5.32 Å². The molecule has 0 saturated carbocycles. The van der Waals surface area contributed by atoms with Gasteiger partial charge in [-0.1, -0.05) is 32.0 Å². The van der Waals surface area contributed by atoms with Gasteiger partial charge in [0.05, 0.1) is 6.54 Å². The third kappa shape index (κ3) is 6.12. The smallest absolute Gasteiger partial charge is 0.317 e. The molecule has 5 heteroatoms. The van der Waals surface area contributed by atoms with Crippen LogP contribution in [-0.4, -0.2) is 35.7 Å². The second-order valence-corrected chi connectivity index (χ2v) is 5.32. The summed E-state index contributed by atoms with van der Waals surface area (Å²) in [6.07, 6.45) is 1.54. The molecule has 0 bridgehead atoms. The molecular weight excluding hydrogens is 271 g/mol. The maximum absolute atomic E-state index is 13.7. The number of nitrogens with zero attached hydrogens (tertiary/aromatic N) is 1. The molecule has 0 spiro atoms. The Morgan fingerprint density at radius 3 is 2.76 bits per heavy atom. The second kappa shape index (κ2) is 9.34. The first-order valence-electron chi connectivity index (χ1n) is 7.45. The Morgan fingerprint density at radius 2 is 2.14 bits per heavy atom. The van der Waals surface area contributed by atoms with Crippen LogP contribution in [0.25, 0.3) is 0 Å². The Balaban J connectivity index is 2.56. The number of hydrogen-bond acceptors (Lipinski definition) is 2. The average Bonchev–Trinajstić information content (AvgIpc) is 2.48. The molecule has 0 fully saturated rings. The maximum Gasteiger partial charge on any atom is 0.317 e. The van der Waals surface area contributed by atoms with E-state index in [1.165, 1.54) is 6.07 Å². The van der Waals surface area contributed by atoms with E-state index < -0.39 is 0 Å². The number of halogens is 1. The number of hydrogen-bond donors (Lipinski definition) is 2. The van der Waals surface area contributed by atoms with Crippen LogP contribution in [0.3, 0.4) is 0 Å². The lowest BCUT2D eigenvalue weighted by Crippen LogP contribution is -2.40. The van der Waals surface area contributed by atoms with Gasteiger partial charge in [-0.2, -0.15) is 0 Å². The number of aliphatic hydroxyl groups is 1. The van der Waals surface area contributed by atoms with Crippen molar-refractivity contribution in [2.75, 3.05) is 19.7 Å². The number of carbonyl (C=O) groups is 1. The standard InChI is InChI=1S/C16H25FN2O2/c1-3-10-19(11-14-6-4-5-7-15(14)17)16(21)18-9-8-13(2)12-20/h4-7,13,20H,3,8-12H2,1-2H3,(H,18,21)/t13-/m1/s1. The molecule has 0 aliphatic heterocycles. The SMILES string of the molecule is CCCN(Cc1ccccc1F)C(=O)NCC[C@@H](C)CO. The molecule has 2 N–H and O–H groups in total. The number of nitrogens with one attached hydrogen (secondary N) is 1. The van der Waals surface area contributed by atoms with Gasteiger partial charge in [-0.25, -0.2) is 9.18 Å². The zero-order valence-corrected chi connectivity index (χ0v) is 12.8. The van der Waals surface area contributed by atoms with Gasteiger partial charge < -0.3 is 15.3 Å². The Bertz CT molecular complexity index is 440. The van der Waals surface area contributed by atoms with Crippen LogP contribution in [0.1, 0.15) is 32.3 Å². The van der Waals surface area contributed by atoms with Crippen LogP contribution in [-0.2, 0) is 6.54 Å². The van der Waals surface area contributed by atoms with Crippen LogP contribution in [0.2, 0.25) is 0 Å². The Kier molecular flexibility index (Phi) is 7.75. The van der Waals surface area contributed by atoms with Gasteiger partial charge in [-0.05, 0) is 24.8 Å². The lowest BCUT2D eigenvalue weighted by molar-refractivity contribution is 0.191. The van der Waals surface area contributed by atoms with E-state index in [1.807, 2.05) is 13.8 Å². The summed E-state index contributed by atoms with van der Waals surface area (Å²) in [7, 11) is 0. The molecule has 2 amide bonds. The summed E-state index contributed by atoms with van der Waals surface area (Å²) < 4.78 is 13.7. The van der Waals surface area contributed by atoms with Crippen molar-refractivity contribution in [3.63, 3.8) is 0 Å². The summed E-state index contributed by atoms with van der Waals surface area (Å²) in [5, 5.41) is 11.8. The number of carbonyl (C=O) groups excluding carboxylic acids is 1. The quantitative estimate of drug-likeness (QED) is 0.775. The molecule has 1 aromatic rings. The number of benzene rings is 1. The van der Waals surface area contributed by atoms with Gasteiger partial charge in [0.1, 0.15) is 5.82 Å². The van der Waals surface area contributed by atoms with Crippen molar-refractivity contribution in [1.82, 2.24) is 10.2 Å². The zero-order valence-electron chi connectivity index (χ0n) is 12.8. The summed E-state index contributed by atoms with van der Waals surface area (Å²) in [6, 6.07) is 6.31. The molecule has 21 heavy (non-hydrogen) atoms. The van der Waals surface area contributed by atoms with E-state index in [0.717, 1.165) is 12.8 Å². The fourth-order valence-corrected chi connectivity index (χ4v) is 1.98. The van der Waals surface area contributed by atoms with Crippen molar-refractivity contribution in [1.29, 1.82) is 0 Å². The first-order chi connectivity index (χ1) is 10.1. The highest BCUT2D eigenvalue weighted by molar-refractivity contribution is 5.74. The number of amides is 2. The van der Waals surface area contributed by atoms with Crippen LogP contribution in [0, 0.1) is 11.7 Å². The molecule has 0 aromatic heterocycles. The van der Waals surface area contributed by atoms with Crippen molar-refractivity contribution in [2.24, 2.45) is 5.92 Å². The zero-order chi connectivity index (χ0) is 15.7. The van der Waals surface area contributed by atoms with E-state index in [9.17, 15) is 9.18 Å². The van der Waals surface area contributed by atoms with Crippen molar-refractivity contribution >= 4 is 6.03 Å². The predicted octanol–water partition coefficient (Wildman–Crippen LogP) is 2.77. The van der Waals surface area contributed by atoms with Gasteiger partial charge in [-0.15, -0.1) is 0 Å². The van der Waals surface area contributed by atoms with Gasteiger partial charge in [0.25, 0.3) is 0 Å². The van der Waals surface area contributed by atoms with E-state index in [4.69, 9.17) is 5.11 Å². The highest BCUT2D eigenvalue weighted by Gasteiger charge is 2.14. The summed E-state index contributed by atoms with van der Waals surface area (Å²) >= 11 is 0. The van der Waals surface area contributed by atoms with Crippen LogP contribution >= 0.6 is 0 Å². The molecule has 1 atom stereocenters. The first kappa shape index (κ1) is 17.4. The van der Waals surface area contributed by atoms with Gasteiger partial charge in [0.15, 0.2) is 0 Å². The molecule has 4 nitrogen and oxygen atoms in total. The molecule has 0 aliphatic rings. The monoisotopic (exact) mass is 296 g/mol. The molecule has 0 radical (unpaired) electrons. The maximum atomic E-state index is 13.7. The van der Waals surface area contributed by atoms with Gasteiger partial charge >= 0.3 is 6.03 Å². The Morgan fingerprint density at radius 1 is 1.43 bits per heavy atom. The van der Waals surface area contributed by atoms with E-state index in [2.05, 4.69) is 5.32 Å². The molecular formula is C16H25FN2O2. The van der Waals surface area contributed by atoms with Crippen molar-refractivity contribution in [3.8, 4) is 0 Å². The van der Waals surface area contributed by atoms with Crippen LogP contribution in [0.5, 0.6) is 0 Å². The minimum absolute atomic E-state index is 0.115. The van der Waals surface area contributed by atoms with E-state index in [1.54, 1.807) is 23.1 Å². The molecule has 118 valence electrons. The van der Waals surface area contributed by atoms with Crippen LogP contribution in [0.15, 0.2) is 24.3 Å². The van der Waals surface area contributed by atoms with E-state index in [-0.39, 0.29) is 30.9 Å². The minimum Gasteiger partial charge on any atom is -0.396 e. The first-order valence-corrected chi connectivity index (χ1v) is 7.45. The molecule has 1 aromatic carbocycles. The third-order valence-corrected chi connectivity index (χ3v) is 3.32. The Hall–Kier alpha value is -1.62. The summed E-state index contributed by atoms with van der Waals surface area (Å²) in [4.78, 5) is 13.8. The molecule has 0 unspecified atom stereocenters. The fourth-order valence-electron chi connectivity index (χ4n) is 1.98. The summed E-state index contributed by atoms with van der Waals surface area (Å²) in [5.41, 5.74) is 0.518. The van der Waals surface area contributed by atoms with E-state index in [0.29, 0.717) is 18.7 Å². The molecule has 1 rings (SSSR count). The van der Waals surface area contributed by atoms with Gasteiger partial charge in [0.2, 0.25) is 0 Å². The predicted molar refractivity (Wildman–Crippen MR) is 81.4 cm³/mol. The van der Waals surface area contributed by atoms with Gasteiger partial charge in [0, 0.05) is 25.3 Å². The third-order valence-electron chi connectivity index (χ3n) is 3.32. The van der Waals surface area contributed by atoms with Crippen LogP contribution in [0.4, 0.5) is 9.18 Å². The summed E-state index contributed by atoms with van der Waals surface area (Å²) in [5.74, 6) is -0.128. The Labute approximate surface area is 126 Å². The van der Waals surface area contributed by atoms with Crippen molar-refractivity contribution in [3.05, 3.63) is 35.6 Å². The minimum atomic E-state index is -0.291. The summed E-state index contributed by atoms with van der Waals surface area (Å²) in [6.45, 7) is 5.38. The average molecular weight is 296 g/mol. The van der Waals surface area contributed by atoms with Crippen molar-refractivity contribution < 1.29 is 14.3 Å². The molecule has 0 saturated heterocycles.